The molecule has 0 bridgehead atoms. The van der Waals surface area contributed by atoms with Gasteiger partial charge in [0.25, 0.3) is 0 Å². The lowest BCUT2D eigenvalue weighted by Crippen LogP contribution is -2.51. The first-order valence-corrected chi connectivity index (χ1v) is 23.0. The van der Waals surface area contributed by atoms with Crippen LogP contribution in [0.15, 0.2) is 85.5 Å². The van der Waals surface area contributed by atoms with E-state index in [1.54, 1.807) is 6.92 Å². The lowest BCUT2D eigenvalue weighted by atomic mass is 9.97. The highest BCUT2D eigenvalue weighted by Crippen LogP contribution is 2.32. The number of piperidine rings is 2. The molecule has 2 atom stereocenters. The predicted octanol–water partition coefficient (Wildman–Crippen LogP) is 8.80. The Morgan fingerprint density at radius 2 is 1.19 bits per heavy atom. The van der Waals surface area contributed by atoms with E-state index < -0.39 is 5.60 Å². The molecule has 0 aliphatic carbocycles. The smallest absolute Gasteiger partial charge is 0.410 e. The molecule has 4 aliphatic heterocycles. The first-order chi connectivity index (χ1) is 30.3. The Kier molecular flexibility index (Phi) is 17.9. The van der Waals surface area contributed by atoms with E-state index >= 15 is 0 Å². The average Bonchev–Trinajstić information content (AvgIpc) is 3.57. The van der Waals surface area contributed by atoms with E-state index in [2.05, 4.69) is 60.2 Å². The van der Waals surface area contributed by atoms with Gasteiger partial charge in [0.15, 0.2) is 0 Å². The minimum absolute atomic E-state index is 0.211. The maximum Gasteiger partial charge on any atom is 0.410 e. The molecule has 0 radical (unpaired) electrons. The summed E-state index contributed by atoms with van der Waals surface area (Å²) in [7, 11) is 0. The third-order valence-corrected chi connectivity index (χ3v) is 12.2. The summed E-state index contributed by atoms with van der Waals surface area (Å²) in [6.45, 7) is 16.0. The zero-order valence-electron chi connectivity index (χ0n) is 37.4. The number of ether oxygens (including phenoxy) is 4. The van der Waals surface area contributed by atoms with Crippen molar-refractivity contribution in [3.8, 4) is 11.5 Å². The van der Waals surface area contributed by atoms with Gasteiger partial charge in [-0.05, 0) is 127 Å². The SMILES string of the molecule is CC(C)(C)OC(=O)N1CCC(N2Cc3ccncc3OC[C@@H]2Cc2ccc(Cl)cc2)CC1.CCOC(C)=O.Clc1ccc(C[C@H]2COc3cnccc3CN2C2CCNCC2)cc1. The molecular formula is C49H64Cl2N6O6. The van der Waals surface area contributed by atoms with Crippen molar-refractivity contribution in [3.63, 3.8) is 0 Å². The second-order valence-corrected chi connectivity index (χ2v) is 18.4. The molecule has 4 aliphatic rings. The highest BCUT2D eigenvalue weighted by Gasteiger charge is 2.35. The Labute approximate surface area is 383 Å². The lowest BCUT2D eigenvalue weighted by molar-refractivity contribution is -0.140. The molecule has 2 saturated heterocycles. The van der Waals surface area contributed by atoms with E-state index in [0.29, 0.717) is 51.0 Å². The van der Waals surface area contributed by atoms with Crippen LogP contribution in [0.3, 0.4) is 0 Å². The molecule has 0 unspecified atom stereocenters. The topological polar surface area (TPSA) is 119 Å². The molecule has 1 amide bonds. The Balaban J connectivity index is 0.000000190. The fourth-order valence-electron chi connectivity index (χ4n) is 8.59. The van der Waals surface area contributed by atoms with E-state index in [-0.39, 0.29) is 18.1 Å². The van der Waals surface area contributed by atoms with Crippen molar-refractivity contribution in [2.45, 2.75) is 116 Å². The molecule has 6 heterocycles. The van der Waals surface area contributed by atoms with Gasteiger partial charge in [-0.3, -0.25) is 24.6 Å². The lowest BCUT2D eigenvalue weighted by Gasteiger charge is -2.41. The van der Waals surface area contributed by atoms with Crippen molar-refractivity contribution >= 4 is 35.3 Å². The fraction of sp³-hybridized carbons (Fsp3) is 0.510. The van der Waals surface area contributed by atoms with Gasteiger partial charge in [0.05, 0.1) is 19.0 Å². The number of benzene rings is 2. The molecule has 2 fully saturated rings. The number of esters is 1. The van der Waals surface area contributed by atoms with Gasteiger partial charge in [0.2, 0.25) is 0 Å². The number of hydrogen-bond acceptors (Lipinski definition) is 11. The Morgan fingerprint density at radius 3 is 1.60 bits per heavy atom. The summed E-state index contributed by atoms with van der Waals surface area (Å²) >= 11 is 12.1. The Morgan fingerprint density at radius 1 is 0.730 bits per heavy atom. The molecule has 12 nitrogen and oxygen atoms in total. The van der Waals surface area contributed by atoms with E-state index in [0.717, 1.165) is 79.0 Å². The minimum atomic E-state index is -0.475. The molecule has 4 aromatic rings. The number of pyridine rings is 2. The summed E-state index contributed by atoms with van der Waals surface area (Å²) in [6, 6.07) is 21.9. The summed E-state index contributed by atoms with van der Waals surface area (Å²) in [4.78, 5) is 37.8. The molecule has 2 aromatic heterocycles. The van der Waals surface area contributed by atoms with Gasteiger partial charge in [0, 0.05) is 90.8 Å². The van der Waals surface area contributed by atoms with Crippen LogP contribution < -0.4 is 14.8 Å². The summed E-state index contributed by atoms with van der Waals surface area (Å²) in [5, 5.41) is 5.01. The van der Waals surface area contributed by atoms with Gasteiger partial charge in [-0.1, -0.05) is 47.5 Å². The molecular weight excluding hydrogens is 839 g/mol. The van der Waals surface area contributed by atoms with Crippen LogP contribution in [-0.4, -0.2) is 112 Å². The van der Waals surface area contributed by atoms with Crippen LogP contribution >= 0.6 is 23.2 Å². The number of carbonyl (C=O) groups excluding carboxylic acids is 2. The maximum atomic E-state index is 12.5. The largest absolute Gasteiger partial charge is 0.490 e. The van der Waals surface area contributed by atoms with Crippen molar-refractivity contribution in [1.29, 1.82) is 0 Å². The standard InChI is InChI=1S/C25H32ClN3O3.C20H24ClN3O.C4H8O2/c1-25(2,3)32-24(30)28-12-9-21(10-13-28)29-16-19-8-11-27-15-23(19)31-17-22(29)14-18-4-6-20(26)7-5-18;21-17-3-1-15(2-4-17)11-19-14-25-20-12-23-8-5-16(20)13-24(19)18-6-9-22-10-7-18;1-3-6-4(2)5/h4-8,11,15,21-22H,9-10,12-14,16-17H2,1-3H3;1-5,8,12,18-19,22H,6-7,9-11,13-14H2;3H2,1-2H3/t22-;19-;/m00./s1. The molecule has 14 heteroatoms. The summed E-state index contributed by atoms with van der Waals surface area (Å²) < 4.78 is 22.3. The van der Waals surface area contributed by atoms with Crippen molar-refractivity contribution < 1.29 is 28.5 Å². The molecule has 0 saturated carbocycles. The molecule has 0 spiro atoms. The van der Waals surface area contributed by atoms with E-state index in [1.807, 2.05) is 80.8 Å². The number of likely N-dealkylation sites (tertiary alicyclic amines) is 1. The van der Waals surface area contributed by atoms with Gasteiger partial charge in [0.1, 0.15) is 30.3 Å². The average molecular weight is 904 g/mol. The number of nitrogens with zero attached hydrogens (tertiary/aromatic N) is 5. The van der Waals surface area contributed by atoms with Crippen molar-refractivity contribution in [2.24, 2.45) is 0 Å². The van der Waals surface area contributed by atoms with Crippen molar-refractivity contribution in [3.05, 3.63) is 118 Å². The molecule has 2 aromatic carbocycles. The number of amides is 1. The third kappa shape index (κ3) is 14.8. The zero-order valence-corrected chi connectivity index (χ0v) is 39.0. The summed E-state index contributed by atoms with van der Waals surface area (Å²) in [5.74, 6) is 1.58. The summed E-state index contributed by atoms with van der Waals surface area (Å²) in [6.07, 6.45) is 13.2. The first kappa shape index (κ1) is 48.0. The predicted molar refractivity (Wildman–Crippen MR) is 247 cm³/mol. The van der Waals surface area contributed by atoms with Crippen LogP contribution in [0.5, 0.6) is 11.5 Å². The number of halogens is 2. The van der Waals surface area contributed by atoms with E-state index in [9.17, 15) is 9.59 Å². The highest BCUT2D eigenvalue weighted by molar-refractivity contribution is 6.30. The highest BCUT2D eigenvalue weighted by atomic mass is 35.5. The van der Waals surface area contributed by atoms with Gasteiger partial charge < -0.3 is 29.2 Å². The fourth-order valence-corrected chi connectivity index (χ4v) is 8.85. The number of aromatic nitrogens is 2. The van der Waals surface area contributed by atoms with Crippen LogP contribution in [0.4, 0.5) is 4.79 Å². The number of fused-ring (bicyclic) bond motifs is 2. The quantitative estimate of drug-likeness (QED) is 0.179. The minimum Gasteiger partial charge on any atom is -0.490 e. The van der Waals surface area contributed by atoms with Crippen molar-refractivity contribution in [1.82, 2.24) is 30.0 Å². The summed E-state index contributed by atoms with van der Waals surface area (Å²) in [5.41, 5.74) is 4.47. The Bertz CT molecular complexity index is 2040. The maximum absolute atomic E-state index is 12.5. The molecule has 8 rings (SSSR count). The van der Waals surface area contributed by atoms with Gasteiger partial charge >= 0.3 is 12.1 Å². The zero-order chi connectivity index (χ0) is 44.8. The first-order valence-electron chi connectivity index (χ1n) is 22.3. The number of nitrogens with one attached hydrogen (secondary N) is 1. The molecule has 1 N–H and O–H groups in total. The number of rotatable bonds is 7. The normalized spacial score (nSPS) is 19.8. The van der Waals surface area contributed by atoms with E-state index in [4.69, 9.17) is 37.4 Å². The second kappa shape index (κ2) is 23.5. The second-order valence-electron chi connectivity index (χ2n) is 17.5. The number of carbonyl (C=O) groups is 2. The van der Waals surface area contributed by atoms with Crippen LogP contribution in [0, 0.1) is 0 Å². The molecule has 63 heavy (non-hydrogen) atoms. The van der Waals surface area contributed by atoms with Gasteiger partial charge in [-0.25, -0.2) is 4.79 Å². The van der Waals surface area contributed by atoms with Crippen LogP contribution in [-0.2, 0) is 40.2 Å². The van der Waals surface area contributed by atoms with E-state index in [1.165, 1.54) is 36.5 Å². The monoisotopic (exact) mass is 902 g/mol. The van der Waals surface area contributed by atoms with Crippen LogP contribution in [0.2, 0.25) is 10.0 Å². The van der Waals surface area contributed by atoms with Crippen LogP contribution in [0.1, 0.15) is 82.6 Å². The molecule has 340 valence electrons. The van der Waals surface area contributed by atoms with Gasteiger partial charge in [-0.2, -0.15) is 0 Å². The Hall–Kier alpha value is -4.46. The van der Waals surface area contributed by atoms with Crippen molar-refractivity contribution in [2.75, 3.05) is 46.0 Å². The van der Waals surface area contributed by atoms with Gasteiger partial charge in [-0.15, -0.1) is 0 Å². The van der Waals surface area contributed by atoms with Crippen LogP contribution in [0.25, 0.3) is 0 Å². The number of hydrogen-bond donors (Lipinski definition) is 1. The third-order valence-electron chi connectivity index (χ3n) is 11.7.